The molecule has 0 unspecified atom stereocenters. The number of amides is 1. The van der Waals surface area contributed by atoms with E-state index in [1.165, 1.54) is 6.20 Å². The van der Waals surface area contributed by atoms with E-state index < -0.39 is 5.91 Å². The second-order valence-corrected chi connectivity index (χ2v) is 5.84. The van der Waals surface area contributed by atoms with Crippen LogP contribution in [-0.4, -0.2) is 39.2 Å². The summed E-state index contributed by atoms with van der Waals surface area (Å²) in [6, 6.07) is 1.57. The summed E-state index contributed by atoms with van der Waals surface area (Å²) in [4.78, 5) is 21.9. The monoisotopic (exact) mass is 320 g/mol. The Bertz CT molecular complexity index is 692. The van der Waals surface area contributed by atoms with E-state index in [1.807, 2.05) is 6.92 Å². The standard InChI is InChI=1S/C14H17ClN6O/c1-8-18-13(20-19-8)9-2-4-21(5-3-9)14-11(15)6-10(7-17-14)12(16)22/h6-7,9H,2-5H2,1H3,(H2,16,22)(H,18,19,20). The summed E-state index contributed by atoms with van der Waals surface area (Å²) in [6.45, 7) is 3.54. The lowest BCUT2D eigenvalue weighted by molar-refractivity contribution is 0.1000. The lowest BCUT2D eigenvalue weighted by Crippen LogP contribution is -2.34. The van der Waals surface area contributed by atoms with Crippen molar-refractivity contribution in [3.63, 3.8) is 0 Å². The SMILES string of the molecule is Cc1nc(C2CCN(c3ncc(C(N)=O)cc3Cl)CC2)n[nH]1. The number of anilines is 1. The maximum atomic E-state index is 11.1. The quantitative estimate of drug-likeness (QED) is 0.895. The molecule has 1 amide bonds. The van der Waals surface area contributed by atoms with E-state index >= 15 is 0 Å². The maximum Gasteiger partial charge on any atom is 0.250 e. The minimum absolute atomic E-state index is 0.319. The Morgan fingerprint density at radius 3 is 2.73 bits per heavy atom. The van der Waals surface area contributed by atoms with Gasteiger partial charge in [-0.05, 0) is 25.8 Å². The van der Waals surface area contributed by atoms with Gasteiger partial charge in [-0.25, -0.2) is 9.97 Å². The lowest BCUT2D eigenvalue weighted by Gasteiger charge is -2.32. The summed E-state index contributed by atoms with van der Waals surface area (Å²) < 4.78 is 0. The first-order valence-corrected chi connectivity index (χ1v) is 7.51. The highest BCUT2D eigenvalue weighted by Gasteiger charge is 2.25. The molecule has 7 nitrogen and oxygen atoms in total. The number of hydrogen-bond donors (Lipinski definition) is 2. The molecule has 0 aromatic carbocycles. The fourth-order valence-corrected chi connectivity index (χ4v) is 2.98. The summed E-state index contributed by atoms with van der Waals surface area (Å²) in [5.41, 5.74) is 5.55. The smallest absolute Gasteiger partial charge is 0.250 e. The molecule has 0 aliphatic carbocycles. The van der Waals surface area contributed by atoms with Crippen molar-refractivity contribution in [1.29, 1.82) is 0 Å². The molecule has 8 heteroatoms. The van der Waals surface area contributed by atoms with Gasteiger partial charge in [-0.2, -0.15) is 5.10 Å². The zero-order valence-corrected chi connectivity index (χ0v) is 13.0. The predicted molar refractivity (Wildman–Crippen MR) is 83.1 cm³/mol. The van der Waals surface area contributed by atoms with Gasteiger partial charge in [-0.3, -0.25) is 9.89 Å². The van der Waals surface area contributed by atoms with Crippen LogP contribution in [-0.2, 0) is 0 Å². The number of pyridine rings is 1. The third-order valence-electron chi connectivity index (χ3n) is 3.88. The van der Waals surface area contributed by atoms with E-state index in [2.05, 4.69) is 25.1 Å². The van der Waals surface area contributed by atoms with E-state index in [4.69, 9.17) is 17.3 Å². The van der Waals surface area contributed by atoms with Crippen molar-refractivity contribution in [3.8, 4) is 0 Å². The number of carbonyl (C=O) groups excluding carboxylic acids is 1. The average Bonchev–Trinajstić information content (AvgIpc) is 2.94. The van der Waals surface area contributed by atoms with Gasteiger partial charge in [0, 0.05) is 25.2 Å². The molecule has 1 fully saturated rings. The molecule has 22 heavy (non-hydrogen) atoms. The van der Waals surface area contributed by atoms with Crippen LogP contribution in [0.25, 0.3) is 0 Å². The second kappa shape index (κ2) is 5.92. The Balaban J connectivity index is 1.70. The molecule has 3 rings (SSSR count). The molecule has 0 bridgehead atoms. The van der Waals surface area contributed by atoms with Crippen LogP contribution in [0.1, 0.15) is 40.8 Å². The first kappa shape index (κ1) is 14.8. The summed E-state index contributed by atoms with van der Waals surface area (Å²) in [5, 5.41) is 7.57. The molecule has 0 radical (unpaired) electrons. The third kappa shape index (κ3) is 2.89. The number of halogens is 1. The number of primary amides is 1. The van der Waals surface area contributed by atoms with Crippen LogP contribution in [0.4, 0.5) is 5.82 Å². The van der Waals surface area contributed by atoms with Crippen molar-refractivity contribution in [2.24, 2.45) is 5.73 Å². The van der Waals surface area contributed by atoms with E-state index in [-0.39, 0.29) is 0 Å². The van der Waals surface area contributed by atoms with Gasteiger partial charge in [-0.15, -0.1) is 0 Å². The van der Waals surface area contributed by atoms with Crippen LogP contribution in [0.2, 0.25) is 5.02 Å². The van der Waals surface area contributed by atoms with Crippen LogP contribution in [0.5, 0.6) is 0 Å². The zero-order chi connectivity index (χ0) is 15.7. The summed E-state index contributed by atoms with van der Waals surface area (Å²) in [5.74, 6) is 2.23. The Morgan fingerprint density at radius 2 is 2.18 bits per heavy atom. The van der Waals surface area contributed by atoms with E-state index in [0.29, 0.717) is 22.3 Å². The number of piperidine rings is 1. The summed E-state index contributed by atoms with van der Waals surface area (Å²) in [6.07, 6.45) is 3.34. The van der Waals surface area contributed by atoms with Crippen LogP contribution in [0.15, 0.2) is 12.3 Å². The molecular weight excluding hydrogens is 304 g/mol. The van der Waals surface area contributed by atoms with Crippen molar-refractivity contribution in [2.75, 3.05) is 18.0 Å². The number of hydrogen-bond acceptors (Lipinski definition) is 5. The normalized spacial score (nSPS) is 16.0. The van der Waals surface area contributed by atoms with E-state index in [9.17, 15) is 4.79 Å². The predicted octanol–water partition coefficient (Wildman–Crippen LogP) is 1.64. The number of H-pyrrole nitrogens is 1. The van der Waals surface area contributed by atoms with Crippen molar-refractivity contribution in [3.05, 3.63) is 34.5 Å². The number of nitrogens with one attached hydrogen (secondary N) is 1. The van der Waals surface area contributed by atoms with Gasteiger partial charge in [0.2, 0.25) is 5.91 Å². The molecule has 1 saturated heterocycles. The molecule has 0 atom stereocenters. The van der Waals surface area contributed by atoms with Crippen LogP contribution < -0.4 is 10.6 Å². The van der Waals surface area contributed by atoms with Crippen LogP contribution >= 0.6 is 11.6 Å². The van der Waals surface area contributed by atoms with Crippen LogP contribution in [0.3, 0.4) is 0 Å². The first-order valence-electron chi connectivity index (χ1n) is 7.14. The Hall–Kier alpha value is -2.15. The fraction of sp³-hybridized carbons (Fsp3) is 0.429. The van der Waals surface area contributed by atoms with Gasteiger partial charge in [0.15, 0.2) is 5.82 Å². The molecule has 0 spiro atoms. The number of aromatic amines is 1. The number of nitrogens with zero attached hydrogens (tertiary/aromatic N) is 4. The minimum Gasteiger partial charge on any atom is -0.366 e. The molecule has 3 heterocycles. The Labute approximate surface area is 132 Å². The molecule has 1 aliphatic rings. The summed E-state index contributed by atoms with van der Waals surface area (Å²) in [7, 11) is 0. The van der Waals surface area contributed by atoms with E-state index in [1.54, 1.807) is 6.07 Å². The van der Waals surface area contributed by atoms with Crippen molar-refractivity contribution in [1.82, 2.24) is 20.2 Å². The summed E-state index contributed by atoms with van der Waals surface area (Å²) >= 11 is 6.22. The first-order chi connectivity index (χ1) is 10.5. The van der Waals surface area contributed by atoms with Gasteiger partial charge in [0.25, 0.3) is 0 Å². The largest absolute Gasteiger partial charge is 0.366 e. The topological polar surface area (TPSA) is 101 Å². The van der Waals surface area contributed by atoms with Crippen LogP contribution in [0, 0.1) is 6.92 Å². The molecular formula is C14H17ClN6O. The fourth-order valence-electron chi connectivity index (χ4n) is 2.69. The van der Waals surface area contributed by atoms with Gasteiger partial charge in [0.1, 0.15) is 11.6 Å². The molecule has 2 aromatic heterocycles. The van der Waals surface area contributed by atoms with E-state index in [0.717, 1.165) is 37.6 Å². The van der Waals surface area contributed by atoms with Crippen molar-refractivity contribution in [2.45, 2.75) is 25.7 Å². The third-order valence-corrected chi connectivity index (χ3v) is 4.16. The van der Waals surface area contributed by atoms with Gasteiger partial charge in [-0.1, -0.05) is 11.6 Å². The number of rotatable bonds is 3. The highest BCUT2D eigenvalue weighted by molar-refractivity contribution is 6.33. The Morgan fingerprint density at radius 1 is 1.45 bits per heavy atom. The molecule has 2 aromatic rings. The van der Waals surface area contributed by atoms with Crippen molar-refractivity contribution >= 4 is 23.3 Å². The second-order valence-electron chi connectivity index (χ2n) is 5.43. The number of aryl methyl sites for hydroxylation is 1. The number of carbonyl (C=O) groups is 1. The van der Waals surface area contributed by atoms with Gasteiger partial charge < -0.3 is 10.6 Å². The molecule has 116 valence electrons. The molecule has 1 aliphatic heterocycles. The maximum absolute atomic E-state index is 11.1. The molecule has 0 saturated carbocycles. The molecule has 3 N–H and O–H groups in total. The van der Waals surface area contributed by atoms with Crippen molar-refractivity contribution < 1.29 is 4.79 Å². The number of aromatic nitrogens is 4. The zero-order valence-electron chi connectivity index (χ0n) is 12.2. The lowest BCUT2D eigenvalue weighted by atomic mass is 9.96. The highest BCUT2D eigenvalue weighted by Crippen LogP contribution is 2.31. The van der Waals surface area contributed by atoms with Gasteiger partial charge >= 0.3 is 0 Å². The highest BCUT2D eigenvalue weighted by atomic mass is 35.5. The average molecular weight is 321 g/mol. The number of nitrogens with two attached hydrogens (primary N) is 1. The van der Waals surface area contributed by atoms with Gasteiger partial charge in [0.05, 0.1) is 10.6 Å². The minimum atomic E-state index is -0.528. The Kier molecular flexibility index (Phi) is 3.98.